The van der Waals surface area contributed by atoms with Gasteiger partial charge in [0.2, 0.25) is 0 Å². The van der Waals surface area contributed by atoms with Crippen LogP contribution in [0.5, 0.6) is 0 Å². The number of hydrogen-bond acceptors (Lipinski definition) is 1. The van der Waals surface area contributed by atoms with Crippen LogP contribution in [0.1, 0.15) is 18.1 Å². The van der Waals surface area contributed by atoms with Crippen LogP contribution in [0.4, 0.5) is 8.78 Å². The molecule has 1 aromatic heterocycles. The summed E-state index contributed by atoms with van der Waals surface area (Å²) in [4.78, 5) is 4.14. The molecule has 0 saturated heterocycles. The Morgan fingerprint density at radius 3 is 2.67 bits per heavy atom. The average Bonchev–Trinajstić information content (AvgIpc) is 2.50. The monoisotopic (exact) mass is 230 g/mol. The SMILES string of the molecule is CC(Cl)c1nc2ccc(F)c(F)c2n1C. The van der Waals surface area contributed by atoms with E-state index in [9.17, 15) is 8.78 Å². The van der Waals surface area contributed by atoms with E-state index < -0.39 is 11.6 Å². The fourth-order valence-corrected chi connectivity index (χ4v) is 1.80. The van der Waals surface area contributed by atoms with Crippen molar-refractivity contribution in [3.05, 3.63) is 29.6 Å². The summed E-state index contributed by atoms with van der Waals surface area (Å²) >= 11 is 5.87. The van der Waals surface area contributed by atoms with Gasteiger partial charge in [0.05, 0.1) is 10.9 Å². The highest BCUT2D eigenvalue weighted by atomic mass is 35.5. The topological polar surface area (TPSA) is 17.8 Å². The molecule has 1 unspecified atom stereocenters. The van der Waals surface area contributed by atoms with Crippen molar-refractivity contribution in [3.8, 4) is 0 Å². The quantitative estimate of drug-likeness (QED) is 0.688. The lowest BCUT2D eigenvalue weighted by Crippen LogP contribution is -1.99. The molecular weight excluding hydrogens is 222 g/mol. The first-order valence-corrected chi connectivity index (χ1v) is 4.90. The van der Waals surface area contributed by atoms with Crippen LogP contribution in [0.2, 0.25) is 0 Å². The van der Waals surface area contributed by atoms with Crippen molar-refractivity contribution in [2.75, 3.05) is 0 Å². The van der Waals surface area contributed by atoms with Crippen molar-refractivity contribution >= 4 is 22.6 Å². The smallest absolute Gasteiger partial charge is 0.184 e. The fraction of sp³-hybridized carbons (Fsp3) is 0.300. The van der Waals surface area contributed by atoms with Crippen LogP contribution in [-0.4, -0.2) is 9.55 Å². The van der Waals surface area contributed by atoms with Crippen LogP contribution in [0, 0.1) is 11.6 Å². The number of rotatable bonds is 1. The maximum Gasteiger partial charge on any atom is 0.184 e. The van der Waals surface area contributed by atoms with Crippen molar-refractivity contribution in [2.24, 2.45) is 7.05 Å². The van der Waals surface area contributed by atoms with Gasteiger partial charge in [0.1, 0.15) is 11.3 Å². The van der Waals surface area contributed by atoms with E-state index in [0.29, 0.717) is 11.3 Å². The first kappa shape index (κ1) is 10.4. The third-order valence-corrected chi connectivity index (χ3v) is 2.51. The highest BCUT2D eigenvalue weighted by Crippen LogP contribution is 2.25. The van der Waals surface area contributed by atoms with Gasteiger partial charge >= 0.3 is 0 Å². The Hall–Kier alpha value is -1.16. The van der Waals surface area contributed by atoms with Gasteiger partial charge in [-0.25, -0.2) is 13.8 Å². The van der Waals surface area contributed by atoms with Gasteiger partial charge < -0.3 is 4.57 Å². The van der Waals surface area contributed by atoms with Crippen LogP contribution in [-0.2, 0) is 7.05 Å². The number of alkyl halides is 1. The summed E-state index contributed by atoms with van der Waals surface area (Å²) in [6.45, 7) is 1.73. The number of aromatic nitrogens is 2. The second-order valence-corrected chi connectivity index (χ2v) is 4.03. The molecule has 0 aliphatic rings. The van der Waals surface area contributed by atoms with E-state index in [1.54, 1.807) is 14.0 Å². The zero-order chi connectivity index (χ0) is 11.2. The predicted molar refractivity (Wildman–Crippen MR) is 54.9 cm³/mol. The molecule has 80 valence electrons. The van der Waals surface area contributed by atoms with Gasteiger partial charge in [0, 0.05) is 7.05 Å². The minimum absolute atomic E-state index is 0.150. The maximum atomic E-state index is 13.5. The molecular formula is C10H9ClF2N2. The molecule has 0 fully saturated rings. The Kier molecular flexibility index (Phi) is 2.38. The molecule has 1 atom stereocenters. The van der Waals surface area contributed by atoms with Crippen LogP contribution < -0.4 is 0 Å². The van der Waals surface area contributed by atoms with E-state index in [0.717, 1.165) is 6.07 Å². The highest BCUT2D eigenvalue weighted by molar-refractivity contribution is 6.20. The number of fused-ring (bicyclic) bond motifs is 1. The molecule has 1 heterocycles. The highest BCUT2D eigenvalue weighted by Gasteiger charge is 2.17. The lowest BCUT2D eigenvalue weighted by molar-refractivity contribution is 0.513. The molecule has 0 bridgehead atoms. The van der Waals surface area contributed by atoms with E-state index in [1.807, 2.05) is 0 Å². The van der Waals surface area contributed by atoms with E-state index in [-0.39, 0.29) is 10.9 Å². The Morgan fingerprint density at radius 1 is 1.40 bits per heavy atom. The molecule has 0 amide bonds. The van der Waals surface area contributed by atoms with Crippen LogP contribution in [0.25, 0.3) is 11.0 Å². The molecule has 0 N–H and O–H groups in total. The summed E-state index contributed by atoms with van der Waals surface area (Å²) in [5.41, 5.74) is 0.566. The van der Waals surface area contributed by atoms with E-state index in [2.05, 4.69) is 4.98 Å². The Labute approximate surface area is 90.5 Å². The van der Waals surface area contributed by atoms with Crippen LogP contribution in [0.15, 0.2) is 12.1 Å². The predicted octanol–water partition coefficient (Wildman–Crippen LogP) is 3.15. The first-order valence-electron chi connectivity index (χ1n) is 4.46. The van der Waals surface area contributed by atoms with E-state index >= 15 is 0 Å². The third-order valence-electron chi connectivity index (χ3n) is 2.32. The van der Waals surface area contributed by atoms with Gasteiger partial charge in [-0.3, -0.25) is 0 Å². The lowest BCUT2D eigenvalue weighted by atomic mass is 10.3. The van der Waals surface area contributed by atoms with Crippen molar-refractivity contribution < 1.29 is 8.78 Å². The number of benzene rings is 1. The molecule has 2 nitrogen and oxygen atoms in total. The zero-order valence-corrected chi connectivity index (χ0v) is 9.02. The summed E-state index contributed by atoms with van der Waals surface area (Å²) < 4.78 is 27.9. The summed E-state index contributed by atoms with van der Waals surface area (Å²) in [6, 6.07) is 2.50. The van der Waals surface area contributed by atoms with Gasteiger partial charge in [-0.05, 0) is 19.1 Å². The molecule has 15 heavy (non-hydrogen) atoms. The number of aryl methyl sites for hydroxylation is 1. The Bertz CT molecular complexity index is 520. The zero-order valence-electron chi connectivity index (χ0n) is 8.26. The number of hydrogen-bond donors (Lipinski definition) is 0. The molecule has 0 spiro atoms. The molecule has 5 heteroatoms. The summed E-state index contributed by atoms with van der Waals surface area (Å²) in [7, 11) is 1.62. The maximum absolute atomic E-state index is 13.5. The van der Waals surface area contributed by atoms with Crippen LogP contribution >= 0.6 is 11.6 Å². The van der Waals surface area contributed by atoms with E-state index in [1.165, 1.54) is 10.6 Å². The van der Waals surface area contributed by atoms with Crippen LogP contribution in [0.3, 0.4) is 0 Å². The van der Waals surface area contributed by atoms with Crippen molar-refractivity contribution in [2.45, 2.75) is 12.3 Å². The lowest BCUT2D eigenvalue weighted by Gasteiger charge is -2.03. The Morgan fingerprint density at radius 2 is 2.07 bits per heavy atom. The van der Waals surface area contributed by atoms with Gasteiger partial charge in [-0.1, -0.05) is 0 Å². The Balaban J connectivity index is 2.83. The first-order chi connectivity index (χ1) is 7.02. The largest absolute Gasteiger partial charge is 0.327 e. The van der Waals surface area contributed by atoms with Gasteiger partial charge in [-0.2, -0.15) is 0 Å². The molecule has 2 aromatic rings. The fourth-order valence-electron chi connectivity index (χ4n) is 1.61. The average molecular weight is 231 g/mol. The summed E-state index contributed by atoms with van der Waals surface area (Å²) in [5, 5.41) is -0.343. The van der Waals surface area contributed by atoms with Gasteiger partial charge in [0.25, 0.3) is 0 Å². The minimum Gasteiger partial charge on any atom is -0.327 e. The minimum atomic E-state index is -0.883. The van der Waals surface area contributed by atoms with E-state index in [4.69, 9.17) is 11.6 Å². The number of nitrogens with zero attached hydrogens (tertiary/aromatic N) is 2. The van der Waals surface area contributed by atoms with Gasteiger partial charge in [0.15, 0.2) is 11.6 Å². The molecule has 0 saturated carbocycles. The second-order valence-electron chi connectivity index (χ2n) is 3.37. The molecule has 0 aliphatic carbocycles. The molecule has 0 radical (unpaired) electrons. The van der Waals surface area contributed by atoms with Gasteiger partial charge in [-0.15, -0.1) is 11.6 Å². The number of imidazole rings is 1. The second kappa shape index (κ2) is 3.45. The standard InChI is InChI=1S/C10H9ClF2N2/c1-5(11)10-14-7-4-3-6(12)8(13)9(7)15(10)2/h3-5H,1-2H3. The molecule has 1 aromatic carbocycles. The molecule has 0 aliphatic heterocycles. The van der Waals surface area contributed by atoms with Crippen molar-refractivity contribution in [1.29, 1.82) is 0 Å². The summed E-state index contributed by atoms with van der Waals surface area (Å²) in [5.74, 6) is -1.23. The summed E-state index contributed by atoms with van der Waals surface area (Å²) in [6.07, 6.45) is 0. The normalized spacial score (nSPS) is 13.4. The number of halogens is 3. The molecule has 2 rings (SSSR count). The third kappa shape index (κ3) is 1.49. The van der Waals surface area contributed by atoms with Crippen molar-refractivity contribution in [3.63, 3.8) is 0 Å². The van der Waals surface area contributed by atoms with Crippen molar-refractivity contribution in [1.82, 2.24) is 9.55 Å².